The Hall–Kier alpha value is -2.83. The van der Waals surface area contributed by atoms with Crippen LogP contribution in [0.5, 0.6) is 5.75 Å². The van der Waals surface area contributed by atoms with E-state index in [1.54, 1.807) is 27.7 Å². The average Bonchev–Trinajstić information content (AvgIpc) is 2.52. The van der Waals surface area contributed by atoms with Crippen molar-refractivity contribution < 1.29 is 19.1 Å². The molecule has 2 N–H and O–H groups in total. The standard InChI is InChI=1S/C18H23N3O4/c1-12(20-17(23)25-18(2,3)4)16(22)21-19-10-13-9-14-7-5-6-8-15(14)24-11-13/h5-10,12H,11H2,1-4H3,(H,20,23)(H,21,22)/b19-10-/t12-/m1/s1. The van der Waals surface area contributed by atoms with Crippen LogP contribution in [0.25, 0.3) is 6.08 Å². The molecule has 25 heavy (non-hydrogen) atoms. The molecular formula is C18H23N3O4. The van der Waals surface area contributed by atoms with E-state index in [2.05, 4.69) is 15.8 Å². The van der Waals surface area contributed by atoms with Crippen molar-refractivity contribution in [2.24, 2.45) is 5.10 Å². The van der Waals surface area contributed by atoms with Gasteiger partial charge in [-0.05, 0) is 39.8 Å². The summed E-state index contributed by atoms with van der Waals surface area (Å²) in [7, 11) is 0. The molecule has 0 aliphatic carbocycles. The quantitative estimate of drug-likeness (QED) is 0.648. The molecule has 0 saturated carbocycles. The molecule has 1 aromatic rings. The van der Waals surface area contributed by atoms with E-state index in [9.17, 15) is 9.59 Å². The van der Waals surface area contributed by atoms with Crippen molar-refractivity contribution in [3.63, 3.8) is 0 Å². The Kier molecular flexibility index (Phi) is 5.80. The number of ether oxygens (including phenoxy) is 2. The lowest BCUT2D eigenvalue weighted by Crippen LogP contribution is -2.45. The topological polar surface area (TPSA) is 89.0 Å². The maximum atomic E-state index is 11.9. The van der Waals surface area contributed by atoms with Gasteiger partial charge in [-0.15, -0.1) is 0 Å². The maximum Gasteiger partial charge on any atom is 0.408 e. The smallest absolute Gasteiger partial charge is 0.408 e. The summed E-state index contributed by atoms with van der Waals surface area (Å²) in [6, 6.07) is 6.89. The molecule has 0 unspecified atom stereocenters. The van der Waals surface area contributed by atoms with Crippen LogP contribution in [0.1, 0.15) is 33.3 Å². The molecule has 2 amide bonds. The van der Waals surface area contributed by atoms with Gasteiger partial charge in [-0.1, -0.05) is 18.2 Å². The average molecular weight is 345 g/mol. The molecule has 1 aliphatic rings. The van der Waals surface area contributed by atoms with Gasteiger partial charge in [-0.3, -0.25) is 4.79 Å². The number of carbonyl (C=O) groups excluding carboxylic acids is 2. The van der Waals surface area contributed by atoms with Crippen LogP contribution in [0.3, 0.4) is 0 Å². The third kappa shape index (κ3) is 5.95. The number of nitrogens with zero attached hydrogens (tertiary/aromatic N) is 1. The van der Waals surface area contributed by atoms with Gasteiger partial charge in [-0.2, -0.15) is 5.10 Å². The van der Waals surface area contributed by atoms with E-state index < -0.39 is 23.6 Å². The largest absolute Gasteiger partial charge is 0.488 e. The summed E-state index contributed by atoms with van der Waals surface area (Å²) in [5.74, 6) is 0.374. The number of hydrazone groups is 1. The number of fused-ring (bicyclic) bond motifs is 1. The van der Waals surface area contributed by atoms with E-state index in [0.29, 0.717) is 6.61 Å². The minimum Gasteiger partial charge on any atom is -0.488 e. The van der Waals surface area contributed by atoms with Gasteiger partial charge in [0.15, 0.2) is 0 Å². The van der Waals surface area contributed by atoms with E-state index in [1.807, 2.05) is 30.3 Å². The molecule has 0 bridgehead atoms. The van der Waals surface area contributed by atoms with Crippen LogP contribution in [0.15, 0.2) is 34.9 Å². The van der Waals surface area contributed by atoms with Gasteiger partial charge in [-0.25, -0.2) is 10.2 Å². The highest BCUT2D eigenvalue weighted by molar-refractivity contribution is 5.90. The zero-order valence-electron chi connectivity index (χ0n) is 14.8. The predicted molar refractivity (Wildman–Crippen MR) is 95.4 cm³/mol. The van der Waals surface area contributed by atoms with Crippen molar-refractivity contribution in [1.29, 1.82) is 0 Å². The summed E-state index contributed by atoms with van der Waals surface area (Å²) < 4.78 is 10.7. The first kappa shape index (κ1) is 18.5. The molecule has 1 aromatic carbocycles. The van der Waals surface area contributed by atoms with Crippen LogP contribution >= 0.6 is 0 Å². The van der Waals surface area contributed by atoms with Gasteiger partial charge in [0.2, 0.25) is 0 Å². The summed E-state index contributed by atoms with van der Waals surface area (Å²) in [5.41, 5.74) is 3.55. The van der Waals surface area contributed by atoms with Crippen molar-refractivity contribution in [3.05, 3.63) is 35.4 Å². The minimum absolute atomic E-state index is 0.377. The molecule has 0 radical (unpaired) electrons. The van der Waals surface area contributed by atoms with Gasteiger partial charge in [0.05, 0.1) is 6.21 Å². The molecule has 0 fully saturated rings. The van der Waals surface area contributed by atoms with Gasteiger partial charge in [0, 0.05) is 11.1 Å². The molecule has 0 spiro atoms. The van der Waals surface area contributed by atoms with E-state index >= 15 is 0 Å². The molecule has 0 aromatic heterocycles. The Morgan fingerprint density at radius 1 is 1.32 bits per heavy atom. The number of nitrogens with one attached hydrogen (secondary N) is 2. The van der Waals surface area contributed by atoms with Crippen molar-refractivity contribution in [2.75, 3.05) is 6.61 Å². The summed E-state index contributed by atoms with van der Waals surface area (Å²) in [6.07, 6.45) is 2.81. The zero-order chi connectivity index (χ0) is 18.4. The van der Waals surface area contributed by atoms with Crippen molar-refractivity contribution in [2.45, 2.75) is 39.3 Å². The van der Waals surface area contributed by atoms with Crippen molar-refractivity contribution in [1.82, 2.24) is 10.7 Å². The molecule has 7 heteroatoms. The highest BCUT2D eigenvalue weighted by Crippen LogP contribution is 2.24. The third-order valence-electron chi connectivity index (χ3n) is 3.19. The lowest BCUT2D eigenvalue weighted by Gasteiger charge is -2.21. The lowest BCUT2D eigenvalue weighted by atomic mass is 10.1. The lowest BCUT2D eigenvalue weighted by molar-refractivity contribution is -0.122. The van der Waals surface area contributed by atoms with Crippen LogP contribution in [-0.2, 0) is 9.53 Å². The molecule has 1 atom stereocenters. The van der Waals surface area contributed by atoms with Crippen LogP contribution < -0.4 is 15.5 Å². The first-order valence-electron chi connectivity index (χ1n) is 7.99. The van der Waals surface area contributed by atoms with E-state index in [-0.39, 0.29) is 0 Å². The summed E-state index contributed by atoms with van der Waals surface area (Å²) in [6.45, 7) is 7.18. The first-order chi connectivity index (χ1) is 11.7. The fraction of sp³-hybridized carbons (Fsp3) is 0.389. The van der Waals surface area contributed by atoms with Gasteiger partial charge in [0.1, 0.15) is 24.0 Å². The second kappa shape index (κ2) is 7.83. The monoisotopic (exact) mass is 345 g/mol. The fourth-order valence-electron chi connectivity index (χ4n) is 2.03. The summed E-state index contributed by atoms with van der Waals surface area (Å²) in [5, 5.41) is 6.36. The summed E-state index contributed by atoms with van der Waals surface area (Å²) in [4.78, 5) is 23.6. The molecule has 0 saturated heterocycles. The first-order valence-corrected chi connectivity index (χ1v) is 7.99. The number of rotatable bonds is 4. The van der Waals surface area contributed by atoms with Crippen molar-refractivity contribution >= 4 is 24.3 Å². The zero-order valence-corrected chi connectivity index (χ0v) is 14.8. The Morgan fingerprint density at radius 3 is 2.76 bits per heavy atom. The number of alkyl carbamates (subject to hydrolysis) is 1. The molecule has 2 rings (SSSR count). The number of hydrogen-bond donors (Lipinski definition) is 2. The SMILES string of the molecule is C[C@@H](NC(=O)OC(C)(C)C)C(=O)N/N=C\C1=Cc2ccccc2OC1. The Balaban J connectivity index is 1.84. The molecule has 1 aliphatic heterocycles. The van der Waals surface area contributed by atoms with Crippen LogP contribution in [0, 0.1) is 0 Å². The molecule has 1 heterocycles. The second-order valence-corrected chi connectivity index (χ2v) is 6.65. The van der Waals surface area contributed by atoms with E-state index in [1.165, 1.54) is 6.21 Å². The van der Waals surface area contributed by atoms with Gasteiger partial charge >= 0.3 is 6.09 Å². The minimum atomic E-state index is -0.774. The van der Waals surface area contributed by atoms with Crippen LogP contribution in [0.2, 0.25) is 0 Å². The number of amides is 2. The second-order valence-electron chi connectivity index (χ2n) is 6.65. The molecular weight excluding hydrogens is 322 g/mol. The van der Waals surface area contributed by atoms with E-state index in [4.69, 9.17) is 9.47 Å². The number of para-hydroxylation sites is 1. The maximum absolute atomic E-state index is 11.9. The van der Waals surface area contributed by atoms with Crippen LogP contribution in [-0.4, -0.2) is 36.5 Å². The van der Waals surface area contributed by atoms with Crippen LogP contribution in [0.4, 0.5) is 4.79 Å². The Bertz CT molecular complexity index is 705. The number of benzene rings is 1. The number of carbonyl (C=O) groups is 2. The van der Waals surface area contributed by atoms with E-state index in [0.717, 1.165) is 16.9 Å². The van der Waals surface area contributed by atoms with Gasteiger partial charge < -0.3 is 14.8 Å². The highest BCUT2D eigenvalue weighted by atomic mass is 16.6. The molecule has 7 nitrogen and oxygen atoms in total. The fourth-order valence-corrected chi connectivity index (χ4v) is 2.03. The predicted octanol–water partition coefficient (Wildman–Crippen LogP) is 2.48. The van der Waals surface area contributed by atoms with Crippen molar-refractivity contribution in [3.8, 4) is 5.75 Å². The highest BCUT2D eigenvalue weighted by Gasteiger charge is 2.20. The Morgan fingerprint density at radius 2 is 2.04 bits per heavy atom. The summed E-state index contributed by atoms with van der Waals surface area (Å²) >= 11 is 0. The normalized spacial score (nSPS) is 14.8. The Labute approximate surface area is 147 Å². The third-order valence-corrected chi connectivity index (χ3v) is 3.19. The van der Waals surface area contributed by atoms with Gasteiger partial charge in [0.25, 0.3) is 5.91 Å². The molecule has 134 valence electrons. The number of hydrogen-bond acceptors (Lipinski definition) is 5.